The van der Waals surface area contributed by atoms with Crippen molar-refractivity contribution in [1.82, 2.24) is 15.1 Å². The van der Waals surface area contributed by atoms with Crippen LogP contribution >= 0.6 is 0 Å². The highest BCUT2D eigenvalue weighted by atomic mass is 16.2. The SMILES string of the molecule is CCC1C(=O)NC(C)C(=O)N1CC1CCCCN1C. The lowest BCUT2D eigenvalue weighted by Gasteiger charge is -2.42. The molecule has 3 unspecified atom stereocenters. The van der Waals surface area contributed by atoms with Crippen molar-refractivity contribution in [2.75, 3.05) is 20.1 Å². The van der Waals surface area contributed by atoms with Crippen LogP contribution in [0.2, 0.25) is 0 Å². The van der Waals surface area contributed by atoms with Crippen LogP contribution in [0.5, 0.6) is 0 Å². The van der Waals surface area contributed by atoms with Crippen LogP contribution in [-0.4, -0.2) is 59.9 Å². The quantitative estimate of drug-likeness (QED) is 0.814. The van der Waals surface area contributed by atoms with Crippen LogP contribution < -0.4 is 5.32 Å². The number of piperazine rings is 1. The zero-order valence-corrected chi connectivity index (χ0v) is 12.2. The Morgan fingerprint density at radius 3 is 2.68 bits per heavy atom. The highest BCUT2D eigenvalue weighted by Crippen LogP contribution is 2.20. The van der Waals surface area contributed by atoms with Crippen LogP contribution in [0.1, 0.15) is 39.5 Å². The molecule has 5 heteroatoms. The Hall–Kier alpha value is -1.10. The summed E-state index contributed by atoms with van der Waals surface area (Å²) >= 11 is 0. The third-order valence-electron chi connectivity index (χ3n) is 4.41. The molecule has 2 aliphatic heterocycles. The predicted octanol–water partition coefficient (Wildman–Crippen LogP) is 0.596. The minimum Gasteiger partial charge on any atom is -0.343 e. The monoisotopic (exact) mass is 267 g/mol. The fourth-order valence-corrected chi connectivity index (χ4v) is 3.14. The van der Waals surface area contributed by atoms with Gasteiger partial charge in [0, 0.05) is 12.6 Å². The number of likely N-dealkylation sites (N-methyl/N-ethyl adjacent to an activating group) is 1. The van der Waals surface area contributed by atoms with E-state index in [2.05, 4.69) is 17.3 Å². The summed E-state index contributed by atoms with van der Waals surface area (Å²) < 4.78 is 0. The van der Waals surface area contributed by atoms with Crippen molar-refractivity contribution in [2.24, 2.45) is 0 Å². The van der Waals surface area contributed by atoms with E-state index in [9.17, 15) is 9.59 Å². The van der Waals surface area contributed by atoms with E-state index < -0.39 is 0 Å². The largest absolute Gasteiger partial charge is 0.343 e. The lowest BCUT2D eigenvalue weighted by atomic mass is 9.99. The molecule has 0 radical (unpaired) electrons. The van der Waals surface area contributed by atoms with Gasteiger partial charge in [0.05, 0.1) is 0 Å². The summed E-state index contributed by atoms with van der Waals surface area (Å²) in [5.74, 6) is 0.0542. The molecule has 2 saturated heterocycles. The molecule has 2 fully saturated rings. The van der Waals surface area contributed by atoms with Crippen molar-refractivity contribution in [1.29, 1.82) is 0 Å². The Balaban J connectivity index is 2.09. The first-order valence-corrected chi connectivity index (χ1v) is 7.35. The summed E-state index contributed by atoms with van der Waals surface area (Å²) in [7, 11) is 2.11. The third kappa shape index (κ3) is 2.91. The van der Waals surface area contributed by atoms with Gasteiger partial charge in [0.25, 0.3) is 0 Å². The fourth-order valence-electron chi connectivity index (χ4n) is 3.14. The van der Waals surface area contributed by atoms with E-state index in [1.807, 2.05) is 6.92 Å². The van der Waals surface area contributed by atoms with Crippen molar-refractivity contribution < 1.29 is 9.59 Å². The van der Waals surface area contributed by atoms with Gasteiger partial charge in [-0.1, -0.05) is 13.3 Å². The molecule has 2 amide bonds. The molecule has 0 bridgehead atoms. The van der Waals surface area contributed by atoms with Gasteiger partial charge in [0.2, 0.25) is 11.8 Å². The Bertz CT molecular complexity index is 359. The molecule has 0 aromatic heterocycles. The molecule has 2 aliphatic rings. The number of likely N-dealkylation sites (tertiary alicyclic amines) is 1. The van der Waals surface area contributed by atoms with Crippen LogP contribution in [0.4, 0.5) is 0 Å². The van der Waals surface area contributed by atoms with Crippen LogP contribution in [0.15, 0.2) is 0 Å². The summed E-state index contributed by atoms with van der Waals surface area (Å²) in [4.78, 5) is 28.4. The number of nitrogens with zero attached hydrogens (tertiary/aromatic N) is 2. The molecule has 5 nitrogen and oxygen atoms in total. The van der Waals surface area contributed by atoms with Gasteiger partial charge in [-0.3, -0.25) is 9.59 Å². The van der Waals surface area contributed by atoms with Crippen LogP contribution in [0, 0.1) is 0 Å². The summed E-state index contributed by atoms with van der Waals surface area (Å²) in [6.45, 7) is 5.51. The predicted molar refractivity (Wildman–Crippen MR) is 73.7 cm³/mol. The second kappa shape index (κ2) is 5.90. The maximum atomic E-state index is 12.3. The van der Waals surface area contributed by atoms with Crippen molar-refractivity contribution >= 4 is 11.8 Å². The Morgan fingerprint density at radius 2 is 2.05 bits per heavy atom. The van der Waals surface area contributed by atoms with Gasteiger partial charge in [-0.25, -0.2) is 0 Å². The summed E-state index contributed by atoms with van der Waals surface area (Å²) in [5.41, 5.74) is 0. The Morgan fingerprint density at radius 1 is 1.32 bits per heavy atom. The second-order valence-corrected chi connectivity index (χ2v) is 5.78. The van der Waals surface area contributed by atoms with Gasteiger partial charge in [-0.15, -0.1) is 0 Å². The summed E-state index contributed by atoms with van der Waals surface area (Å²) in [5, 5.41) is 2.76. The molecule has 2 rings (SSSR count). The number of hydrogen-bond donors (Lipinski definition) is 1. The summed E-state index contributed by atoms with van der Waals surface area (Å²) in [6, 6.07) is -0.284. The maximum absolute atomic E-state index is 12.3. The van der Waals surface area contributed by atoms with E-state index in [1.54, 1.807) is 11.8 Å². The van der Waals surface area contributed by atoms with Crippen molar-refractivity contribution in [3.63, 3.8) is 0 Å². The lowest BCUT2D eigenvalue weighted by Crippen LogP contribution is -2.64. The second-order valence-electron chi connectivity index (χ2n) is 5.78. The topological polar surface area (TPSA) is 52.7 Å². The van der Waals surface area contributed by atoms with Crippen LogP contribution in [0.3, 0.4) is 0 Å². The van der Waals surface area contributed by atoms with E-state index in [1.165, 1.54) is 12.8 Å². The number of carbonyl (C=O) groups excluding carboxylic acids is 2. The molecule has 2 heterocycles. The van der Waals surface area contributed by atoms with Gasteiger partial charge in [-0.05, 0) is 39.8 Å². The van der Waals surface area contributed by atoms with Crippen LogP contribution in [-0.2, 0) is 9.59 Å². The fraction of sp³-hybridized carbons (Fsp3) is 0.857. The molecule has 1 N–H and O–H groups in total. The maximum Gasteiger partial charge on any atom is 0.245 e. The molecular formula is C14H25N3O2. The molecule has 0 aromatic rings. The van der Waals surface area contributed by atoms with Gasteiger partial charge in [0.1, 0.15) is 12.1 Å². The Labute approximate surface area is 115 Å². The van der Waals surface area contributed by atoms with Crippen molar-refractivity contribution in [3.8, 4) is 0 Å². The number of rotatable bonds is 3. The van der Waals surface area contributed by atoms with E-state index in [0.717, 1.165) is 13.0 Å². The van der Waals surface area contributed by atoms with Gasteiger partial charge >= 0.3 is 0 Å². The molecule has 108 valence electrons. The van der Waals surface area contributed by atoms with Gasteiger partial charge in [0.15, 0.2) is 0 Å². The number of carbonyl (C=O) groups is 2. The lowest BCUT2D eigenvalue weighted by molar-refractivity contribution is -0.150. The smallest absolute Gasteiger partial charge is 0.245 e. The number of hydrogen-bond acceptors (Lipinski definition) is 3. The first-order chi connectivity index (χ1) is 9.04. The molecule has 19 heavy (non-hydrogen) atoms. The number of nitrogens with one attached hydrogen (secondary N) is 1. The van der Waals surface area contributed by atoms with Crippen LogP contribution in [0.25, 0.3) is 0 Å². The summed E-state index contributed by atoms with van der Waals surface area (Å²) in [6.07, 6.45) is 4.25. The third-order valence-corrected chi connectivity index (χ3v) is 4.41. The average Bonchev–Trinajstić information content (AvgIpc) is 2.38. The molecule has 0 aromatic carbocycles. The van der Waals surface area contributed by atoms with E-state index >= 15 is 0 Å². The molecule has 0 aliphatic carbocycles. The van der Waals surface area contributed by atoms with Gasteiger partial charge < -0.3 is 15.1 Å². The zero-order chi connectivity index (χ0) is 14.0. The molecule has 0 saturated carbocycles. The first-order valence-electron chi connectivity index (χ1n) is 7.35. The van der Waals surface area contributed by atoms with Crippen molar-refractivity contribution in [2.45, 2.75) is 57.7 Å². The average molecular weight is 267 g/mol. The number of piperidine rings is 1. The highest BCUT2D eigenvalue weighted by molar-refractivity contribution is 5.96. The Kier molecular flexibility index (Phi) is 4.45. The number of amides is 2. The standard InChI is InChI=1S/C14H25N3O2/c1-4-12-13(18)15-10(2)14(19)17(12)9-11-7-5-6-8-16(11)3/h10-12H,4-9H2,1-3H3,(H,15,18). The van der Waals surface area contributed by atoms with E-state index in [-0.39, 0.29) is 23.9 Å². The zero-order valence-electron chi connectivity index (χ0n) is 12.2. The van der Waals surface area contributed by atoms with Gasteiger partial charge in [-0.2, -0.15) is 0 Å². The van der Waals surface area contributed by atoms with Crippen molar-refractivity contribution in [3.05, 3.63) is 0 Å². The normalized spacial score (nSPS) is 33.4. The molecule has 0 spiro atoms. The van der Waals surface area contributed by atoms with E-state index in [4.69, 9.17) is 0 Å². The molecule has 3 atom stereocenters. The minimum absolute atomic E-state index is 0.00642. The minimum atomic E-state index is -0.385. The highest BCUT2D eigenvalue weighted by Gasteiger charge is 2.39. The first kappa shape index (κ1) is 14.3. The molecular weight excluding hydrogens is 242 g/mol. The van der Waals surface area contributed by atoms with E-state index in [0.29, 0.717) is 19.0 Å².